The zero-order valence-corrected chi connectivity index (χ0v) is 8.41. The molecule has 5 heteroatoms. The van der Waals surface area contributed by atoms with Crippen molar-refractivity contribution in [2.75, 3.05) is 0 Å². The fraction of sp³-hybridized carbons (Fsp3) is 0.111. The highest BCUT2D eigenvalue weighted by Gasteiger charge is 1.99. The van der Waals surface area contributed by atoms with Crippen molar-refractivity contribution >= 4 is 23.3 Å². The Morgan fingerprint density at radius 3 is 2.43 bits per heavy atom. The zero-order valence-electron chi connectivity index (χ0n) is 7.60. The number of esters is 1. The SMILES string of the molecule is C=COC(C)=O.O=C(O)c1cccs1. The van der Waals surface area contributed by atoms with Gasteiger partial charge in [0.05, 0.1) is 6.26 Å². The van der Waals surface area contributed by atoms with Crippen molar-refractivity contribution in [3.05, 3.63) is 35.2 Å². The third-order valence-electron chi connectivity index (χ3n) is 0.981. The number of hydrogen-bond acceptors (Lipinski definition) is 4. The minimum Gasteiger partial charge on any atom is -0.477 e. The lowest BCUT2D eigenvalue weighted by Crippen LogP contribution is -1.89. The molecule has 1 N–H and O–H groups in total. The Bertz CT molecular complexity index is 303. The average Bonchev–Trinajstić information content (AvgIpc) is 2.56. The van der Waals surface area contributed by atoms with E-state index < -0.39 is 5.97 Å². The second-order valence-electron chi connectivity index (χ2n) is 2.06. The highest BCUT2D eigenvalue weighted by atomic mass is 32.1. The van der Waals surface area contributed by atoms with Crippen LogP contribution in [0.2, 0.25) is 0 Å². The van der Waals surface area contributed by atoms with Crippen LogP contribution in [-0.2, 0) is 9.53 Å². The summed E-state index contributed by atoms with van der Waals surface area (Å²) in [6.07, 6.45) is 1.10. The van der Waals surface area contributed by atoms with Gasteiger partial charge in [-0.2, -0.15) is 0 Å². The van der Waals surface area contributed by atoms with Gasteiger partial charge in [0.15, 0.2) is 0 Å². The molecule has 0 atom stereocenters. The molecule has 1 aromatic heterocycles. The number of carbonyl (C=O) groups excluding carboxylic acids is 1. The fourth-order valence-electron chi connectivity index (χ4n) is 0.518. The number of hydrogen-bond donors (Lipinski definition) is 1. The summed E-state index contributed by atoms with van der Waals surface area (Å²) in [5, 5.41) is 10.0. The number of thiophene rings is 1. The van der Waals surface area contributed by atoms with Gasteiger partial charge in [0.1, 0.15) is 4.88 Å². The minimum absolute atomic E-state index is 0.329. The third kappa shape index (κ3) is 5.96. The lowest BCUT2D eigenvalue weighted by Gasteiger charge is -1.83. The molecule has 14 heavy (non-hydrogen) atoms. The topological polar surface area (TPSA) is 63.6 Å². The minimum atomic E-state index is -0.847. The van der Waals surface area contributed by atoms with E-state index in [1.165, 1.54) is 18.3 Å². The molecule has 0 spiro atoms. The van der Waals surface area contributed by atoms with E-state index in [2.05, 4.69) is 11.3 Å². The molecule has 0 aliphatic rings. The van der Waals surface area contributed by atoms with E-state index in [0.717, 1.165) is 6.26 Å². The fourth-order valence-corrected chi connectivity index (χ4v) is 1.08. The molecule has 0 unspecified atom stereocenters. The molecule has 0 saturated heterocycles. The van der Waals surface area contributed by atoms with E-state index in [-0.39, 0.29) is 5.97 Å². The molecule has 1 rings (SSSR count). The van der Waals surface area contributed by atoms with Crippen molar-refractivity contribution in [1.29, 1.82) is 0 Å². The Morgan fingerprint density at radius 1 is 1.64 bits per heavy atom. The maximum Gasteiger partial charge on any atom is 0.345 e. The van der Waals surface area contributed by atoms with Crippen LogP contribution in [0.4, 0.5) is 0 Å². The molecule has 1 heterocycles. The molecule has 1 aromatic rings. The lowest BCUT2D eigenvalue weighted by atomic mass is 10.5. The number of carboxylic acids is 1. The van der Waals surface area contributed by atoms with Gasteiger partial charge in [-0.25, -0.2) is 4.79 Å². The second-order valence-corrected chi connectivity index (χ2v) is 3.01. The van der Waals surface area contributed by atoms with Gasteiger partial charge in [0, 0.05) is 6.92 Å². The average molecular weight is 214 g/mol. The van der Waals surface area contributed by atoms with Crippen molar-refractivity contribution in [1.82, 2.24) is 0 Å². The van der Waals surface area contributed by atoms with Crippen molar-refractivity contribution in [3.8, 4) is 0 Å². The highest BCUT2D eigenvalue weighted by Crippen LogP contribution is 2.06. The number of ether oxygens (including phenoxy) is 1. The molecule has 0 fully saturated rings. The van der Waals surface area contributed by atoms with Crippen LogP contribution in [0.3, 0.4) is 0 Å². The molecule has 0 radical (unpaired) electrons. The van der Waals surface area contributed by atoms with Crippen molar-refractivity contribution in [2.45, 2.75) is 6.92 Å². The van der Waals surface area contributed by atoms with Crippen molar-refractivity contribution < 1.29 is 19.4 Å². The van der Waals surface area contributed by atoms with Gasteiger partial charge in [-0.1, -0.05) is 12.6 Å². The van der Waals surface area contributed by atoms with Gasteiger partial charge >= 0.3 is 11.9 Å². The molecular weight excluding hydrogens is 204 g/mol. The number of aromatic carboxylic acids is 1. The van der Waals surface area contributed by atoms with Crippen LogP contribution in [-0.4, -0.2) is 17.0 Å². The van der Waals surface area contributed by atoms with Gasteiger partial charge in [0.25, 0.3) is 0 Å². The normalized spacial score (nSPS) is 8.07. The summed E-state index contributed by atoms with van der Waals surface area (Å²) < 4.78 is 4.17. The number of rotatable bonds is 2. The summed E-state index contributed by atoms with van der Waals surface area (Å²) >= 11 is 1.23. The summed E-state index contributed by atoms with van der Waals surface area (Å²) in [4.78, 5) is 20.2. The molecule has 0 bridgehead atoms. The Hall–Kier alpha value is -1.62. The number of carboxylic acid groups (broad SMARTS) is 1. The Balaban J connectivity index is 0.000000255. The first kappa shape index (κ1) is 12.4. The van der Waals surface area contributed by atoms with E-state index in [9.17, 15) is 9.59 Å². The first-order valence-electron chi connectivity index (χ1n) is 3.63. The van der Waals surface area contributed by atoms with Crippen molar-refractivity contribution in [3.63, 3.8) is 0 Å². The van der Waals surface area contributed by atoms with Crippen LogP contribution < -0.4 is 0 Å². The maximum atomic E-state index is 10.1. The largest absolute Gasteiger partial charge is 0.477 e. The van der Waals surface area contributed by atoms with Gasteiger partial charge in [-0.05, 0) is 11.4 Å². The monoisotopic (exact) mass is 214 g/mol. The first-order chi connectivity index (χ1) is 6.57. The molecule has 0 aromatic carbocycles. The molecule has 4 nitrogen and oxygen atoms in total. The molecule has 76 valence electrons. The van der Waals surface area contributed by atoms with Crippen LogP contribution >= 0.6 is 11.3 Å². The molecule has 0 aliphatic carbocycles. The number of carbonyl (C=O) groups is 2. The van der Waals surface area contributed by atoms with Gasteiger partial charge in [-0.15, -0.1) is 11.3 Å². The van der Waals surface area contributed by atoms with Crippen molar-refractivity contribution in [2.24, 2.45) is 0 Å². The second kappa shape index (κ2) is 6.85. The van der Waals surface area contributed by atoms with Crippen LogP contribution in [0, 0.1) is 0 Å². The van der Waals surface area contributed by atoms with E-state index in [1.807, 2.05) is 0 Å². The van der Waals surface area contributed by atoms with E-state index in [4.69, 9.17) is 5.11 Å². The summed E-state index contributed by atoms with van der Waals surface area (Å²) in [5.74, 6) is -1.18. The first-order valence-corrected chi connectivity index (χ1v) is 4.50. The van der Waals surface area contributed by atoms with Gasteiger partial charge < -0.3 is 9.84 Å². The molecule has 0 amide bonds. The van der Waals surface area contributed by atoms with E-state index >= 15 is 0 Å². The zero-order chi connectivity index (χ0) is 11.0. The van der Waals surface area contributed by atoms with E-state index in [0.29, 0.717) is 4.88 Å². The Labute approximate surface area is 85.4 Å². The predicted octanol–water partition coefficient (Wildman–Crippen LogP) is 2.14. The predicted molar refractivity (Wildman–Crippen MR) is 53.2 cm³/mol. The summed E-state index contributed by atoms with van der Waals surface area (Å²) in [5.41, 5.74) is 0. The summed E-state index contributed by atoms with van der Waals surface area (Å²) in [6.45, 7) is 4.48. The summed E-state index contributed by atoms with van der Waals surface area (Å²) in [7, 11) is 0. The highest BCUT2D eigenvalue weighted by molar-refractivity contribution is 7.11. The van der Waals surface area contributed by atoms with Gasteiger partial charge in [-0.3, -0.25) is 4.79 Å². The lowest BCUT2D eigenvalue weighted by molar-refractivity contribution is -0.135. The van der Waals surface area contributed by atoms with Gasteiger partial charge in [0.2, 0.25) is 0 Å². The van der Waals surface area contributed by atoms with Crippen LogP contribution in [0.1, 0.15) is 16.6 Å². The molecular formula is C9H10O4S. The van der Waals surface area contributed by atoms with Crippen LogP contribution in [0.5, 0.6) is 0 Å². The Kier molecular flexibility index (Phi) is 6.06. The summed E-state index contributed by atoms with van der Waals surface area (Å²) in [6, 6.07) is 3.29. The molecule has 0 saturated carbocycles. The standard InChI is InChI=1S/C5H4O2S.C4H6O2/c6-5(7)4-2-1-3-8-4;1-3-6-4(2)5/h1-3H,(H,6,7);3H,1H2,2H3. The Morgan fingerprint density at radius 2 is 2.29 bits per heavy atom. The van der Waals surface area contributed by atoms with Crippen LogP contribution in [0.25, 0.3) is 0 Å². The maximum absolute atomic E-state index is 10.1. The third-order valence-corrected chi connectivity index (χ3v) is 1.84. The van der Waals surface area contributed by atoms with E-state index in [1.54, 1.807) is 17.5 Å². The quantitative estimate of drug-likeness (QED) is 0.605. The van der Waals surface area contributed by atoms with Crippen LogP contribution in [0.15, 0.2) is 30.4 Å². The smallest absolute Gasteiger partial charge is 0.345 e. The molecule has 0 aliphatic heterocycles.